The fourth-order valence-corrected chi connectivity index (χ4v) is 5.29. The van der Waals surface area contributed by atoms with Crippen molar-refractivity contribution in [3.63, 3.8) is 0 Å². The second-order valence-electron chi connectivity index (χ2n) is 9.21. The van der Waals surface area contributed by atoms with Gasteiger partial charge in [0.1, 0.15) is 72.5 Å². The fraction of sp³-hybridized carbons (Fsp3) is 1.00. The van der Waals surface area contributed by atoms with E-state index in [0.29, 0.717) is 0 Å². The van der Waals surface area contributed by atoms with Crippen LogP contribution in [0.1, 0.15) is 6.92 Å². The molecule has 0 radical (unpaired) electrons. The van der Waals surface area contributed by atoms with Crippen LogP contribution in [0.25, 0.3) is 0 Å². The molecule has 11 N–H and O–H groups in total. The van der Waals surface area contributed by atoms with E-state index in [2.05, 4.69) is 0 Å². The Morgan fingerprint density at radius 2 is 1.36 bits per heavy atom. The molecule has 0 aromatic rings. The maximum atomic E-state index is 11.4. The van der Waals surface area contributed by atoms with E-state index in [1.54, 1.807) is 0 Å². The average Bonchev–Trinajstić information content (AvgIpc) is 2.81. The number of hydrogen-bond donors (Lipinski definition) is 11. The summed E-state index contributed by atoms with van der Waals surface area (Å²) in [6.07, 6.45) is -28.2. The van der Waals surface area contributed by atoms with Crippen LogP contribution in [0.5, 0.6) is 0 Å². The van der Waals surface area contributed by atoms with Gasteiger partial charge >= 0.3 is 0 Å². The molecule has 232 valence electrons. The summed E-state index contributed by atoms with van der Waals surface area (Å²) in [6.45, 7) is 0.112. The predicted octanol–water partition coefficient (Wildman–Crippen LogP) is -7.12. The third-order valence-electron chi connectivity index (χ3n) is 6.09. The van der Waals surface area contributed by atoms with Gasteiger partial charge in [0.25, 0.3) is 20.2 Å². The Bertz CT molecular complexity index is 992. The molecule has 14 atom stereocenters. The standard InChI is InChI=1S/C18H34O19S2/c1-5-9(22)12(25)14(27)17(34-5)37-16-13(26)11(24)8(4-39(31,32)33)35-18(16)36-15(10(23)6(20)2-19)7(21)3-38(28,29)30/h5-27H,2-4H2,1H3,(H,28,29,30)(H,31,32,33)/t5-,6-,7+,8+,9+,10+,11-,12+,13-,14-,15+,16+,17-,18-/m0/s1. The topological polar surface area (TPSA) is 328 Å². The molecule has 21 heteroatoms. The van der Waals surface area contributed by atoms with Gasteiger partial charge in [-0.05, 0) is 6.92 Å². The van der Waals surface area contributed by atoms with Crippen LogP contribution in [0.3, 0.4) is 0 Å². The van der Waals surface area contributed by atoms with Crippen molar-refractivity contribution in [3.8, 4) is 0 Å². The third-order valence-corrected chi connectivity index (χ3v) is 7.60. The Morgan fingerprint density at radius 1 is 0.769 bits per heavy atom. The van der Waals surface area contributed by atoms with Gasteiger partial charge in [0, 0.05) is 0 Å². The quantitative estimate of drug-likeness (QED) is 0.0904. The minimum absolute atomic E-state index is 1.15. The fourth-order valence-electron chi connectivity index (χ4n) is 3.98. The van der Waals surface area contributed by atoms with Gasteiger partial charge < -0.3 is 64.9 Å². The highest BCUT2D eigenvalue weighted by Crippen LogP contribution is 2.31. The molecule has 0 spiro atoms. The highest BCUT2D eigenvalue weighted by molar-refractivity contribution is 7.86. The first-order valence-electron chi connectivity index (χ1n) is 11.3. The van der Waals surface area contributed by atoms with Crippen molar-refractivity contribution < 1.29 is 90.8 Å². The Morgan fingerprint density at radius 3 is 1.87 bits per heavy atom. The van der Waals surface area contributed by atoms with Crippen LogP contribution >= 0.6 is 0 Å². The third kappa shape index (κ3) is 9.14. The van der Waals surface area contributed by atoms with Crippen molar-refractivity contribution in [2.24, 2.45) is 0 Å². The van der Waals surface area contributed by atoms with Gasteiger partial charge in [-0.25, -0.2) is 0 Å². The lowest BCUT2D eigenvalue weighted by Gasteiger charge is -2.47. The van der Waals surface area contributed by atoms with E-state index >= 15 is 0 Å². The summed E-state index contributed by atoms with van der Waals surface area (Å²) in [5, 5.41) is 90.9. The largest absolute Gasteiger partial charge is 0.394 e. The lowest BCUT2D eigenvalue weighted by molar-refractivity contribution is -0.371. The highest BCUT2D eigenvalue weighted by Gasteiger charge is 2.52. The molecule has 0 amide bonds. The first-order chi connectivity index (χ1) is 17.8. The second kappa shape index (κ2) is 13.5. The smallest absolute Gasteiger partial charge is 0.267 e. The van der Waals surface area contributed by atoms with Gasteiger partial charge in [-0.15, -0.1) is 0 Å². The van der Waals surface area contributed by atoms with Gasteiger partial charge in [0.15, 0.2) is 12.6 Å². The summed E-state index contributed by atoms with van der Waals surface area (Å²) in [6, 6.07) is 0. The second-order valence-corrected chi connectivity index (χ2v) is 12.2. The maximum Gasteiger partial charge on any atom is 0.267 e. The van der Waals surface area contributed by atoms with E-state index < -0.39 is 124 Å². The Labute approximate surface area is 222 Å². The molecular formula is C18H34O19S2. The molecule has 2 heterocycles. The zero-order valence-electron chi connectivity index (χ0n) is 20.2. The molecule has 0 aromatic carbocycles. The van der Waals surface area contributed by atoms with Crippen LogP contribution in [-0.2, 0) is 39.2 Å². The monoisotopic (exact) mass is 618 g/mol. The van der Waals surface area contributed by atoms with Gasteiger partial charge in [-0.3, -0.25) is 9.11 Å². The van der Waals surface area contributed by atoms with Gasteiger partial charge in [-0.2, -0.15) is 16.8 Å². The lowest BCUT2D eigenvalue weighted by Crippen LogP contribution is -2.65. The van der Waals surface area contributed by atoms with E-state index in [-0.39, 0.29) is 0 Å². The minimum atomic E-state index is -4.95. The van der Waals surface area contributed by atoms with Crippen LogP contribution in [-0.4, -0.2) is 176 Å². The summed E-state index contributed by atoms with van der Waals surface area (Å²) < 4.78 is 84.9. The summed E-state index contributed by atoms with van der Waals surface area (Å²) in [7, 11) is -9.84. The molecule has 2 saturated heterocycles. The zero-order chi connectivity index (χ0) is 30.0. The maximum absolute atomic E-state index is 11.4. The normalized spacial score (nSPS) is 39.6. The van der Waals surface area contributed by atoms with Gasteiger partial charge in [0.2, 0.25) is 0 Å². The number of rotatable bonds is 12. The molecule has 0 bridgehead atoms. The van der Waals surface area contributed by atoms with E-state index in [9.17, 15) is 62.2 Å². The summed E-state index contributed by atoms with van der Waals surface area (Å²) >= 11 is 0. The summed E-state index contributed by atoms with van der Waals surface area (Å²) in [4.78, 5) is 0. The Balaban J connectivity index is 2.46. The average molecular weight is 619 g/mol. The summed E-state index contributed by atoms with van der Waals surface area (Å²) in [5.74, 6) is -2.85. The van der Waals surface area contributed by atoms with Crippen molar-refractivity contribution in [1.29, 1.82) is 0 Å². The highest BCUT2D eigenvalue weighted by atomic mass is 32.2. The first kappa shape index (κ1) is 34.5. The number of aliphatic hydroxyl groups is 9. The molecule has 2 aliphatic heterocycles. The first-order valence-corrected chi connectivity index (χ1v) is 14.6. The van der Waals surface area contributed by atoms with Gasteiger partial charge in [0.05, 0.1) is 18.8 Å². The van der Waals surface area contributed by atoms with Crippen LogP contribution in [0, 0.1) is 0 Å². The number of aliphatic hydroxyl groups excluding tert-OH is 9. The SMILES string of the molecule is C[C@@H]1O[C@@H](O[C@H]2[C@H](O[C@@H]([C@H](O)[C@@H](O)CO)[C@H](O)CS(=O)(=O)O)O[C@H](CS(=O)(=O)O)[C@H](O)[C@@H]2O)[C@@H](O)[C@H](O)[C@@H]1O. The molecule has 0 aliphatic carbocycles. The molecule has 39 heavy (non-hydrogen) atoms. The van der Waals surface area contributed by atoms with Crippen LogP contribution in [0.15, 0.2) is 0 Å². The van der Waals surface area contributed by atoms with Crippen molar-refractivity contribution in [2.75, 3.05) is 18.1 Å². The lowest BCUT2D eigenvalue weighted by atomic mass is 9.97. The number of hydrogen-bond acceptors (Lipinski definition) is 17. The molecule has 19 nitrogen and oxygen atoms in total. The molecule has 0 saturated carbocycles. The van der Waals surface area contributed by atoms with E-state index in [1.807, 2.05) is 0 Å². The van der Waals surface area contributed by atoms with E-state index in [4.69, 9.17) is 28.6 Å². The van der Waals surface area contributed by atoms with Crippen molar-refractivity contribution in [2.45, 2.75) is 92.8 Å². The number of ether oxygens (including phenoxy) is 4. The Hall–Kier alpha value is -0.700. The van der Waals surface area contributed by atoms with Crippen molar-refractivity contribution >= 4 is 20.2 Å². The van der Waals surface area contributed by atoms with Crippen LogP contribution < -0.4 is 0 Å². The molecule has 2 fully saturated rings. The molecular weight excluding hydrogens is 584 g/mol. The molecule has 0 aromatic heterocycles. The molecule has 0 unspecified atom stereocenters. The van der Waals surface area contributed by atoms with Crippen LogP contribution in [0.2, 0.25) is 0 Å². The predicted molar refractivity (Wildman–Crippen MR) is 121 cm³/mol. The van der Waals surface area contributed by atoms with Crippen molar-refractivity contribution in [1.82, 2.24) is 0 Å². The van der Waals surface area contributed by atoms with Crippen LogP contribution in [0.4, 0.5) is 0 Å². The van der Waals surface area contributed by atoms with E-state index in [0.717, 1.165) is 0 Å². The van der Waals surface area contributed by atoms with Crippen molar-refractivity contribution in [3.05, 3.63) is 0 Å². The Kier molecular flexibility index (Phi) is 12.0. The molecule has 2 aliphatic rings. The summed E-state index contributed by atoms with van der Waals surface area (Å²) in [5.41, 5.74) is 0. The minimum Gasteiger partial charge on any atom is -0.394 e. The van der Waals surface area contributed by atoms with E-state index in [1.165, 1.54) is 6.92 Å². The molecule has 2 rings (SSSR count). The van der Waals surface area contributed by atoms with Gasteiger partial charge in [-0.1, -0.05) is 0 Å². The zero-order valence-corrected chi connectivity index (χ0v) is 21.8.